The Hall–Kier alpha value is -1.29. The lowest BCUT2D eigenvalue weighted by Crippen LogP contribution is -2.05. The lowest BCUT2D eigenvalue weighted by molar-refractivity contribution is 0.562. The third-order valence-corrected chi connectivity index (χ3v) is 2.62. The van der Waals surface area contributed by atoms with Gasteiger partial charge in [0.15, 0.2) is 0 Å². The van der Waals surface area contributed by atoms with E-state index in [9.17, 15) is 0 Å². The monoisotopic (exact) mass is 266 g/mol. The summed E-state index contributed by atoms with van der Waals surface area (Å²) in [5, 5.41) is 3.33. The van der Waals surface area contributed by atoms with E-state index < -0.39 is 0 Å². The standard InChI is InChI=1S/C11H11BrN2O/c1-8(9-4-5-15-7-9)14-10-2-3-11(12)13-6-10/h2-8,14H,1H3. The number of rotatable bonds is 3. The summed E-state index contributed by atoms with van der Waals surface area (Å²) in [5.41, 5.74) is 2.12. The molecule has 2 aromatic heterocycles. The first-order valence-electron chi connectivity index (χ1n) is 4.66. The van der Waals surface area contributed by atoms with Crippen molar-refractivity contribution in [2.45, 2.75) is 13.0 Å². The molecule has 78 valence electrons. The van der Waals surface area contributed by atoms with Crippen molar-refractivity contribution in [1.29, 1.82) is 0 Å². The average Bonchev–Trinajstić information content (AvgIpc) is 2.74. The van der Waals surface area contributed by atoms with Crippen LogP contribution < -0.4 is 5.32 Å². The number of aromatic nitrogens is 1. The van der Waals surface area contributed by atoms with Crippen LogP contribution >= 0.6 is 15.9 Å². The van der Waals surface area contributed by atoms with Gasteiger partial charge in [0, 0.05) is 5.56 Å². The normalized spacial score (nSPS) is 12.4. The SMILES string of the molecule is CC(Nc1ccc(Br)nc1)c1ccoc1. The molecule has 4 heteroatoms. The maximum atomic E-state index is 5.03. The van der Waals surface area contributed by atoms with E-state index in [1.165, 1.54) is 0 Å². The van der Waals surface area contributed by atoms with Gasteiger partial charge in [0.2, 0.25) is 0 Å². The van der Waals surface area contributed by atoms with Crippen molar-refractivity contribution in [2.24, 2.45) is 0 Å². The smallest absolute Gasteiger partial charge is 0.106 e. The number of halogens is 1. The first-order chi connectivity index (χ1) is 7.25. The lowest BCUT2D eigenvalue weighted by atomic mass is 10.2. The molecule has 0 amide bonds. The predicted octanol–water partition coefficient (Wildman–Crippen LogP) is 3.61. The third-order valence-electron chi connectivity index (χ3n) is 2.15. The molecule has 0 radical (unpaired) electrons. The number of furan rings is 1. The Morgan fingerprint density at radius 1 is 1.40 bits per heavy atom. The predicted molar refractivity (Wildman–Crippen MR) is 62.7 cm³/mol. The van der Waals surface area contributed by atoms with Gasteiger partial charge in [-0.3, -0.25) is 0 Å². The van der Waals surface area contributed by atoms with Crippen molar-refractivity contribution in [2.75, 3.05) is 5.32 Å². The number of nitrogens with zero attached hydrogens (tertiary/aromatic N) is 1. The molecule has 0 fully saturated rings. The summed E-state index contributed by atoms with van der Waals surface area (Å²) in [7, 11) is 0. The molecule has 1 atom stereocenters. The Balaban J connectivity index is 2.06. The van der Waals surface area contributed by atoms with Gasteiger partial charge in [-0.05, 0) is 41.1 Å². The minimum Gasteiger partial charge on any atom is -0.472 e. The van der Waals surface area contributed by atoms with Crippen LogP contribution in [0.3, 0.4) is 0 Å². The number of hydrogen-bond donors (Lipinski definition) is 1. The molecule has 3 nitrogen and oxygen atoms in total. The number of anilines is 1. The van der Waals surface area contributed by atoms with E-state index >= 15 is 0 Å². The van der Waals surface area contributed by atoms with Gasteiger partial charge >= 0.3 is 0 Å². The fraction of sp³-hybridized carbons (Fsp3) is 0.182. The van der Waals surface area contributed by atoms with E-state index in [0.29, 0.717) is 0 Å². The van der Waals surface area contributed by atoms with Crippen LogP contribution in [0.4, 0.5) is 5.69 Å². The highest BCUT2D eigenvalue weighted by Crippen LogP contribution is 2.19. The molecule has 0 saturated carbocycles. The Morgan fingerprint density at radius 2 is 2.27 bits per heavy atom. The van der Waals surface area contributed by atoms with Gasteiger partial charge in [-0.2, -0.15) is 0 Å². The molecule has 0 saturated heterocycles. The second kappa shape index (κ2) is 4.49. The van der Waals surface area contributed by atoms with Crippen molar-refractivity contribution in [3.8, 4) is 0 Å². The molecular formula is C11H11BrN2O. The van der Waals surface area contributed by atoms with Gasteiger partial charge < -0.3 is 9.73 Å². The Bertz CT molecular complexity index is 411. The maximum absolute atomic E-state index is 5.03. The summed E-state index contributed by atoms with van der Waals surface area (Å²) >= 11 is 3.30. The molecule has 0 aromatic carbocycles. The van der Waals surface area contributed by atoms with Crippen LogP contribution in [-0.2, 0) is 0 Å². The van der Waals surface area contributed by atoms with E-state index in [1.807, 2.05) is 18.2 Å². The van der Waals surface area contributed by atoms with Gasteiger partial charge in [-0.25, -0.2) is 4.98 Å². The van der Waals surface area contributed by atoms with Crippen LogP contribution in [0.15, 0.2) is 45.9 Å². The van der Waals surface area contributed by atoms with Crippen molar-refractivity contribution in [3.05, 3.63) is 47.1 Å². The van der Waals surface area contributed by atoms with Crippen LogP contribution in [0.5, 0.6) is 0 Å². The van der Waals surface area contributed by atoms with Crippen LogP contribution in [0.1, 0.15) is 18.5 Å². The van der Waals surface area contributed by atoms with Crippen molar-refractivity contribution in [3.63, 3.8) is 0 Å². The Labute approximate surface area is 96.6 Å². The Morgan fingerprint density at radius 3 is 2.87 bits per heavy atom. The summed E-state index contributed by atoms with van der Waals surface area (Å²) in [6.07, 6.45) is 5.21. The first kappa shape index (κ1) is 10.2. The summed E-state index contributed by atoms with van der Waals surface area (Å²) in [4.78, 5) is 4.14. The van der Waals surface area contributed by atoms with Gasteiger partial charge in [0.25, 0.3) is 0 Å². The van der Waals surface area contributed by atoms with E-state index in [0.717, 1.165) is 15.9 Å². The highest BCUT2D eigenvalue weighted by Gasteiger charge is 2.05. The zero-order valence-corrected chi connectivity index (χ0v) is 9.86. The largest absolute Gasteiger partial charge is 0.472 e. The first-order valence-corrected chi connectivity index (χ1v) is 5.45. The molecule has 2 rings (SSSR count). The maximum Gasteiger partial charge on any atom is 0.106 e. The fourth-order valence-corrected chi connectivity index (χ4v) is 1.55. The van der Waals surface area contributed by atoms with E-state index in [4.69, 9.17) is 4.42 Å². The van der Waals surface area contributed by atoms with Crippen LogP contribution in [-0.4, -0.2) is 4.98 Å². The molecule has 2 aromatic rings. The van der Waals surface area contributed by atoms with E-state index in [2.05, 4.69) is 33.2 Å². The minimum atomic E-state index is 0.215. The minimum absolute atomic E-state index is 0.215. The second-order valence-corrected chi connectivity index (χ2v) is 4.10. The van der Waals surface area contributed by atoms with Gasteiger partial charge in [-0.15, -0.1) is 0 Å². The fourth-order valence-electron chi connectivity index (χ4n) is 1.32. The molecule has 15 heavy (non-hydrogen) atoms. The molecule has 0 spiro atoms. The summed E-state index contributed by atoms with van der Waals surface area (Å²) in [6, 6.07) is 6.05. The van der Waals surface area contributed by atoms with Crippen molar-refractivity contribution >= 4 is 21.6 Å². The molecule has 0 aliphatic heterocycles. The van der Waals surface area contributed by atoms with Crippen molar-refractivity contribution < 1.29 is 4.42 Å². The van der Waals surface area contributed by atoms with Crippen molar-refractivity contribution in [1.82, 2.24) is 4.98 Å². The highest BCUT2D eigenvalue weighted by atomic mass is 79.9. The van der Waals surface area contributed by atoms with Gasteiger partial charge in [0.05, 0.1) is 30.5 Å². The molecule has 0 aliphatic rings. The molecular weight excluding hydrogens is 256 g/mol. The third kappa shape index (κ3) is 2.59. The molecule has 0 bridgehead atoms. The van der Waals surface area contributed by atoms with Crippen LogP contribution in [0, 0.1) is 0 Å². The quantitative estimate of drug-likeness (QED) is 0.863. The zero-order chi connectivity index (χ0) is 10.7. The average molecular weight is 267 g/mol. The number of nitrogens with one attached hydrogen (secondary N) is 1. The number of hydrogen-bond acceptors (Lipinski definition) is 3. The van der Waals surface area contributed by atoms with Gasteiger partial charge in [0.1, 0.15) is 4.60 Å². The second-order valence-electron chi connectivity index (χ2n) is 3.29. The summed E-state index contributed by atoms with van der Waals surface area (Å²) in [5.74, 6) is 0. The van der Waals surface area contributed by atoms with Gasteiger partial charge in [-0.1, -0.05) is 0 Å². The Kier molecular flexibility index (Phi) is 3.06. The molecule has 0 aliphatic carbocycles. The highest BCUT2D eigenvalue weighted by molar-refractivity contribution is 9.10. The molecule has 1 unspecified atom stereocenters. The van der Waals surface area contributed by atoms with Crippen LogP contribution in [0.25, 0.3) is 0 Å². The molecule has 1 N–H and O–H groups in total. The zero-order valence-electron chi connectivity index (χ0n) is 8.27. The summed E-state index contributed by atoms with van der Waals surface area (Å²) in [6.45, 7) is 2.08. The van der Waals surface area contributed by atoms with E-state index in [-0.39, 0.29) is 6.04 Å². The van der Waals surface area contributed by atoms with Crippen LogP contribution in [0.2, 0.25) is 0 Å². The van der Waals surface area contributed by atoms with E-state index in [1.54, 1.807) is 18.7 Å². The lowest BCUT2D eigenvalue weighted by Gasteiger charge is -2.12. The number of pyridine rings is 1. The summed E-state index contributed by atoms with van der Waals surface area (Å²) < 4.78 is 5.87. The topological polar surface area (TPSA) is 38.1 Å². The molecule has 2 heterocycles.